The lowest BCUT2D eigenvalue weighted by molar-refractivity contribution is 0.323. The average Bonchev–Trinajstić information content (AvgIpc) is 2.53. The monoisotopic (exact) mass is 335 g/mol. The fourth-order valence-corrected chi connectivity index (χ4v) is 3.18. The zero-order chi connectivity index (χ0) is 16.9. The van der Waals surface area contributed by atoms with Gasteiger partial charge in [0.2, 0.25) is 10.0 Å². The Hall–Kier alpha value is -2.05. The van der Waals surface area contributed by atoms with E-state index < -0.39 is 10.0 Å². The molecule has 0 radical (unpaired) electrons. The van der Waals surface area contributed by atoms with E-state index in [4.69, 9.17) is 9.47 Å². The number of hydrogen-bond donors (Lipinski definition) is 1. The molecule has 0 aliphatic heterocycles. The van der Waals surface area contributed by atoms with E-state index in [1.807, 2.05) is 31.2 Å². The highest BCUT2D eigenvalue weighted by Crippen LogP contribution is 2.21. The third-order valence-corrected chi connectivity index (χ3v) is 4.82. The first-order valence-corrected chi connectivity index (χ1v) is 8.74. The lowest BCUT2D eigenvalue weighted by Gasteiger charge is -2.10. The SMILES string of the molecule is COc1ccc(S(=O)(=O)NCCOc2ccc(C)cc2)cc1C. The van der Waals surface area contributed by atoms with Gasteiger partial charge in [0.05, 0.1) is 12.0 Å². The van der Waals surface area contributed by atoms with E-state index in [1.54, 1.807) is 26.2 Å². The normalized spacial score (nSPS) is 11.3. The van der Waals surface area contributed by atoms with Gasteiger partial charge in [0.1, 0.15) is 18.1 Å². The van der Waals surface area contributed by atoms with Crippen LogP contribution in [-0.4, -0.2) is 28.7 Å². The molecule has 0 aliphatic carbocycles. The molecule has 2 aromatic carbocycles. The quantitative estimate of drug-likeness (QED) is 0.790. The molecule has 2 rings (SSSR count). The largest absolute Gasteiger partial charge is 0.496 e. The molecule has 124 valence electrons. The van der Waals surface area contributed by atoms with Gasteiger partial charge in [-0.2, -0.15) is 0 Å². The number of nitrogens with one attached hydrogen (secondary N) is 1. The standard InChI is InChI=1S/C17H21NO4S/c1-13-4-6-15(7-5-13)22-11-10-18-23(19,20)16-8-9-17(21-3)14(2)12-16/h4-9,12,18H,10-11H2,1-3H3. The third-order valence-electron chi connectivity index (χ3n) is 3.36. The van der Waals surface area contributed by atoms with Gasteiger partial charge in [-0.1, -0.05) is 17.7 Å². The second kappa shape index (κ2) is 7.48. The molecule has 6 heteroatoms. The Kier molecular flexibility index (Phi) is 5.63. The zero-order valence-electron chi connectivity index (χ0n) is 13.5. The maximum Gasteiger partial charge on any atom is 0.240 e. The molecule has 0 atom stereocenters. The number of methoxy groups -OCH3 is 1. The molecule has 0 unspecified atom stereocenters. The first-order valence-electron chi connectivity index (χ1n) is 7.26. The van der Waals surface area contributed by atoms with Crippen LogP contribution < -0.4 is 14.2 Å². The van der Waals surface area contributed by atoms with Crippen LogP contribution in [0.2, 0.25) is 0 Å². The van der Waals surface area contributed by atoms with Crippen LogP contribution in [0.4, 0.5) is 0 Å². The predicted molar refractivity (Wildman–Crippen MR) is 89.6 cm³/mol. The highest BCUT2D eigenvalue weighted by molar-refractivity contribution is 7.89. The number of ether oxygens (including phenoxy) is 2. The van der Waals surface area contributed by atoms with Crippen molar-refractivity contribution in [3.8, 4) is 11.5 Å². The zero-order valence-corrected chi connectivity index (χ0v) is 14.3. The average molecular weight is 335 g/mol. The summed E-state index contributed by atoms with van der Waals surface area (Å²) in [5.74, 6) is 1.38. The Morgan fingerprint density at radius 1 is 1.04 bits per heavy atom. The predicted octanol–water partition coefficient (Wildman–Crippen LogP) is 2.67. The molecule has 23 heavy (non-hydrogen) atoms. The van der Waals surface area contributed by atoms with Gasteiger partial charge in [0.25, 0.3) is 0 Å². The molecule has 0 amide bonds. The van der Waals surface area contributed by atoms with Crippen molar-refractivity contribution in [2.24, 2.45) is 0 Å². The molecule has 0 heterocycles. The summed E-state index contributed by atoms with van der Waals surface area (Å²) in [6.07, 6.45) is 0. The molecule has 0 saturated carbocycles. The van der Waals surface area contributed by atoms with E-state index in [9.17, 15) is 8.42 Å². The van der Waals surface area contributed by atoms with Crippen LogP contribution >= 0.6 is 0 Å². The van der Waals surface area contributed by atoms with Crippen molar-refractivity contribution in [1.29, 1.82) is 0 Å². The number of hydrogen-bond acceptors (Lipinski definition) is 4. The Morgan fingerprint density at radius 3 is 2.35 bits per heavy atom. The first-order chi connectivity index (χ1) is 10.9. The number of aryl methyl sites for hydroxylation is 2. The minimum absolute atomic E-state index is 0.196. The van der Waals surface area contributed by atoms with E-state index in [2.05, 4.69) is 4.72 Å². The van der Waals surface area contributed by atoms with Crippen molar-refractivity contribution in [1.82, 2.24) is 4.72 Å². The Balaban J connectivity index is 1.91. The lowest BCUT2D eigenvalue weighted by atomic mass is 10.2. The van der Waals surface area contributed by atoms with E-state index in [-0.39, 0.29) is 18.0 Å². The van der Waals surface area contributed by atoms with Crippen LogP contribution in [0.1, 0.15) is 11.1 Å². The van der Waals surface area contributed by atoms with Crippen LogP contribution in [0.5, 0.6) is 11.5 Å². The van der Waals surface area contributed by atoms with E-state index in [1.165, 1.54) is 6.07 Å². The maximum absolute atomic E-state index is 12.2. The van der Waals surface area contributed by atoms with Gasteiger partial charge in [0.15, 0.2) is 0 Å². The third kappa shape index (κ3) is 4.71. The minimum atomic E-state index is -3.55. The summed E-state index contributed by atoms with van der Waals surface area (Å²) in [4.78, 5) is 0.214. The Labute approximate surface area is 137 Å². The summed E-state index contributed by atoms with van der Waals surface area (Å²) < 4.78 is 37.6. The molecule has 0 aromatic heterocycles. The van der Waals surface area contributed by atoms with Crippen LogP contribution in [0, 0.1) is 13.8 Å². The van der Waals surface area contributed by atoms with Crippen molar-refractivity contribution in [2.75, 3.05) is 20.3 Å². The fourth-order valence-electron chi connectivity index (χ4n) is 2.08. The minimum Gasteiger partial charge on any atom is -0.496 e. The van der Waals surface area contributed by atoms with Gasteiger partial charge in [-0.15, -0.1) is 0 Å². The maximum atomic E-state index is 12.2. The number of sulfonamides is 1. The van der Waals surface area contributed by atoms with E-state index in [0.717, 1.165) is 16.9 Å². The summed E-state index contributed by atoms with van der Waals surface area (Å²) >= 11 is 0. The second-order valence-electron chi connectivity index (χ2n) is 5.19. The molecular weight excluding hydrogens is 314 g/mol. The fraction of sp³-hybridized carbons (Fsp3) is 0.294. The highest BCUT2D eigenvalue weighted by atomic mass is 32.2. The van der Waals surface area contributed by atoms with Gasteiger partial charge in [-0.3, -0.25) is 0 Å². The van der Waals surface area contributed by atoms with Gasteiger partial charge in [-0.05, 0) is 49.7 Å². The molecule has 0 spiro atoms. The Morgan fingerprint density at radius 2 is 1.74 bits per heavy atom. The van der Waals surface area contributed by atoms with Gasteiger partial charge in [0, 0.05) is 6.54 Å². The summed E-state index contributed by atoms with van der Waals surface area (Å²) in [6.45, 7) is 4.26. The highest BCUT2D eigenvalue weighted by Gasteiger charge is 2.14. The van der Waals surface area contributed by atoms with Crippen molar-refractivity contribution in [3.05, 3.63) is 53.6 Å². The van der Waals surface area contributed by atoms with Gasteiger partial charge >= 0.3 is 0 Å². The van der Waals surface area contributed by atoms with Crippen LogP contribution in [0.25, 0.3) is 0 Å². The summed E-state index contributed by atoms with van der Waals surface area (Å²) in [6, 6.07) is 12.4. The van der Waals surface area contributed by atoms with Crippen molar-refractivity contribution in [2.45, 2.75) is 18.7 Å². The van der Waals surface area contributed by atoms with Crippen molar-refractivity contribution >= 4 is 10.0 Å². The van der Waals surface area contributed by atoms with Crippen LogP contribution in [-0.2, 0) is 10.0 Å². The second-order valence-corrected chi connectivity index (χ2v) is 6.96. The van der Waals surface area contributed by atoms with Crippen LogP contribution in [0.15, 0.2) is 47.4 Å². The summed E-state index contributed by atoms with van der Waals surface area (Å²) in [7, 11) is -2.00. The lowest BCUT2D eigenvalue weighted by Crippen LogP contribution is -2.28. The topological polar surface area (TPSA) is 64.6 Å². The molecule has 1 N–H and O–H groups in total. The first kappa shape index (κ1) is 17.3. The van der Waals surface area contributed by atoms with Crippen molar-refractivity contribution in [3.63, 3.8) is 0 Å². The van der Waals surface area contributed by atoms with Crippen molar-refractivity contribution < 1.29 is 17.9 Å². The molecule has 0 saturated heterocycles. The molecule has 0 bridgehead atoms. The number of benzene rings is 2. The Bertz CT molecular complexity index is 755. The van der Waals surface area contributed by atoms with Crippen LogP contribution in [0.3, 0.4) is 0 Å². The van der Waals surface area contributed by atoms with Gasteiger partial charge in [-0.25, -0.2) is 13.1 Å². The molecule has 5 nitrogen and oxygen atoms in total. The number of rotatable bonds is 7. The summed E-state index contributed by atoms with van der Waals surface area (Å²) in [5, 5.41) is 0. The molecular formula is C17H21NO4S. The van der Waals surface area contributed by atoms with Gasteiger partial charge < -0.3 is 9.47 Å². The molecule has 0 aliphatic rings. The molecule has 2 aromatic rings. The van der Waals surface area contributed by atoms with E-state index in [0.29, 0.717) is 5.75 Å². The summed E-state index contributed by atoms with van der Waals surface area (Å²) in [5.41, 5.74) is 1.92. The smallest absolute Gasteiger partial charge is 0.240 e. The molecule has 0 fully saturated rings. The van der Waals surface area contributed by atoms with E-state index >= 15 is 0 Å².